The summed E-state index contributed by atoms with van der Waals surface area (Å²) in [6.07, 6.45) is 3.99. The summed E-state index contributed by atoms with van der Waals surface area (Å²) in [5, 5.41) is 18.4. The van der Waals surface area contributed by atoms with Crippen LogP contribution >= 0.6 is 15.9 Å². The molecule has 1 heterocycles. The molecule has 0 saturated carbocycles. The minimum atomic E-state index is -0.0368. The summed E-state index contributed by atoms with van der Waals surface area (Å²) in [5.41, 5.74) is 2.85. The standard InChI is InChI=1S/C16H16BrN3O/c17-15-4-5-16(14(9-15)12-21)20(8-2-6-18)11-13-3-1-7-19-10-13/h1,3-5,7,9-10,21H,2,8,11-12H2. The highest BCUT2D eigenvalue weighted by molar-refractivity contribution is 9.10. The molecule has 0 bridgehead atoms. The molecule has 0 atom stereocenters. The van der Waals surface area contributed by atoms with Crippen molar-refractivity contribution in [2.24, 2.45) is 0 Å². The van der Waals surface area contributed by atoms with E-state index in [9.17, 15) is 5.11 Å². The zero-order chi connectivity index (χ0) is 15.1. The van der Waals surface area contributed by atoms with Crippen LogP contribution in [0.3, 0.4) is 0 Å². The molecule has 1 N–H and O–H groups in total. The van der Waals surface area contributed by atoms with Crippen molar-refractivity contribution in [2.75, 3.05) is 11.4 Å². The predicted octanol–water partition coefficient (Wildman–Crippen LogP) is 3.26. The van der Waals surface area contributed by atoms with Crippen LogP contribution in [0.1, 0.15) is 17.5 Å². The Morgan fingerprint density at radius 3 is 2.86 bits per heavy atom. The van der Waals surface area contributed by atoms with Crippen LogP contribution in [0.4, 0.5) is 5.69 Å². The van der Waals surface area contributed by atoms with Crippen molar-refractivity contribution >= 4 is 21.6 Å². The summed E-state index contributed by atoms with van der Waals surface area (Å²) >= 11 is 3.41. The topological polar surface area (TPSA) is 60.2 Å². The summed E-state index contributed by atoms with van der Waals surface area (Å²) in [7, 11) is 0. The van der Waals surface area contributed by atoms with Gasteiger partial charge < -0.3 is 10.0 Å². The number of aliphatic hydroxyl groups excluding tert-OH is 1. The Kier molecular flexibility index (Phi) is 5.73. The third-order valence-corrected chi connectivity index (χ3v) is 3.64. The summed E-state index contributed by atoms with van der Waals surface area (Å²) < 4.78 is 0.928. The molecule has 21 heavy (non-hydrogen) atoms. The van der Waals surface area contributed by atoms with Gasteiger partial charge in [-0.25, -0.2) is 0 Å². The van der Waals surface area contributed by atoms with Gasteiger partial charge in [-0.2, -0.15) is 5.26 Å². The van der Waals surface area contributed by atoms with E-state index in [0.717, 1.165) is 21.3 Å². The Labute approximate surface area is 132 Å². The quantitative estimate of drug-likeness (QED) is 0.872. The average molecular weight is 346 g/mol. The first-order valence-electron chi connectivity index (χ1n) is 6.64. The van der Waals surface area contributed by atoms with Crippen LogP contribution in [-0.2, 0) is 13.2 Å². The Morgan fingerprint density at radius 2 is 2.19 bits per heavy atom. The van der Waals surface area contributed by atoms with E-state index in [4.69, 9.17) is 5.26 Å². The van der Waals surface area contributed by atoms with Gasteiger partial charge in [0.05, 0.1) is 19.1 Å². The molecule has 0 radical (unpaired) electrons. The highest BCUT2D eigenvalue weighted by atomic mass is 79.9. The van der Waals surface area contributed by atoms with Crippen molar-refractivity contribution in [1.82, 2.24) is 4.98 Å². The van der Waals surface area contributed by atoms with Crippen LogP contribution in [0, 0.1) is 11.3 Å². The molecule has 0 amide bonds. The minimum Gasteiger partial charge on any atom is -0.392 e. The monoisotopic (exact) mass is 345 g/mol. The molecular weight excluding hydrogens is 330 g/mol. The largest absolute Gasteiger partial charge is 0.392 e. The summed E-state index contributed by atoms with van der Waals surface area (Å²) in [4.78, 5) is 6.22. The lowest BCUT2D eigenvalue weighted by molar-refractivity contribution is 0.282. The lowest BCUT2D eigenvalue weighted by atomic mass is 10.1. The maximum Gasteiger partial charge on any atom is 0.0702 e. The number of nitriles is 1. The van der Waals surface area contributed by atoms with E-state index in [1.807, 2.05) is 36.5 Å². The van der Waals surface area contributed by atoms with E-state index in [2.05, 4.69) is 31.9 Å². The Balaban J connectivity index is 2.29. The second-order valence-corrected chi connectivity index (χ2v) is 5.54. The summed E-state index contributed by atoms with van der Waals surface area (Å²) in [6.45, 7) is 1.23. The van der Waals surface area contributed by atoms with Gasteiger partial charge in [0.15, 0.2) is 0 Å². The summed E-state index contributed by atoms with van der Waals surface area (Å²) in [5.74, 6) is 0. The van der Waals surface area contributed by atoms with Crippen LogP contribution in [0.2, 0.25) is 0 Å². The van der Waals surface area contributed by atoms with Gasteiger partial charge in [-0.05, 0) is 29.8 Å². The molecule has 0 spiro atoms. The Bertz CT molecular complexity index is 625. The highest BCUT2D eigenvalue weighted by Crippen LogP contribution is 2.26. The lowest BCUT2D eigenvalue weighted by Gasteiger charge is -2.26. The maximum atomic E-state index is 9.56. The molecule has 108 valence electrons. The van der Waals surface area contributed by atoms with Gasteiger partial charge in [0.25, 0.3) is 0 Å². The molecule has 1 aromatic carbocycles. The number of hydrogen-bond acceptors (Lipinski definition) is 4. The molecule has 5 heteroatoms. The van der Waals surface area contributed by atoms with E-state index in [1.165, 1.54) is 0 Å². The molecule has 0 aliphatic carbocycles. The van der Waals surface area contributed by atoms with Crippen molar-refractivity contribution in [2.45, 2.75) is 19.6 Å². The molecule has 0 fully saturated rings. The number of halogens is 1. The zero-order valence-corrected chi connectivity index (χ0v) is 13.1. The first-order chi connectivity index (χ1) is 10.2. The predicted molar refractivity (Wildman–Crippen MR) is 85.6 cm³/mol. The molecule has 2 aromatic rings. The van der Waals surface area contributed by atoms with Crippen molar-refractivity contribution in [3.8, 4) is 6.07 Å². The van der Waals surface area contributed by atoms with E-state index >= 15 is 0 Å². The fourth-order valence-electron chi connectivity index (χ4n) is 2.17. The van der Waals surface area contributed by atoms with Crippen LogP contribution < -0.4 is 4.90 Å². The van der Waals surface area contributed by atoms with E-state index < -0.39 is 0 Å². The fourth-order valence-corrected chi connectivity index (χ4v) is 2.58. The normalized spacial score (nSPS) is 10.1. The molecule has 0 unspecified atom stereocenters. The first kappa shape index (κ1) is 15.5. The SMILES string of the molecule is N#CCCN(Cc1cccnc1)c1ccc(Br)cc1CO. The molecule has 0 saturated heterocycles. The van der Waals surface area contributed by atoms with Crippen molar-refractivity contribution in [3.05, 3.63) is 58.3 Å². The number of hydrogen-bond donors (Lipinski definition) is 1. The number of rotatable bonds is 6. The summed E-state index contributed by atoms with van der Waals surface area (Å²) in [6, 6.07) is 11.9. The number of anilines is 1. The van der Waals surface area contributed by atoms with Crippen LogP contribution in [0.15, 0.2) is 47.2 Å². The molecule has 2 rings (SSSR count). The second kappa shape index (κ2) is 7.77. The van der Waals surface area contributed by atoms with Crippen molar-refractivity contribution < 1.29 is 5.11 Å². The smallest absolute Gasteiger partial charge is 0.0702 e. The second-order valence-electron chi connectivity index (χ2n) is 4.62. The van der Waals surface area contributed by atoms with Crippen LogP contribution in [-0.4, -0.2) is 16.6 Å². The Hall–Kier alpha value is -1.90. The third kappa shape index (κ3) is 4.28. The lowest BCUT2D eigenvalue weighted by Crippen LogP contribution is -2.25. The van der Waals surface area contributed by atoms with Crippen molar-refractivity contribution in [3.63, 3.8) is 0 Å². The minimum absolute atomic E-state index is 0.0368. The van der Waals surface area contributed by atoms with Gasteiger partial charge in [-0.1, -0.05) is 22.0 Å². The number of nitrogens with zero attached hydrogens (tertiary/aromatic N) is 3. The van der Waals surface area contributed by atoms with Gasteiger partial charge in [-0.15, -0.1) is 0 Å². The van der Waals surface area contributed by atoms with Gasteiger partial charge in [0.1, 0.15) is 0 Å². The van der Waals surface area contributed by atoms with Gasteiger partial charge in [-0.3, -0.25) is 4.98 Å². The molecule has 4 nitrogen and oxygen atoms in total. The molecular formula is C16H16BrN3O. The molecule has 0 aliphatic rings. The average Bonchev–Trinajstić information content (AvgIpc) is 2.52. The Morgan fingerprint density at radius 1 is 1.33 bits per heavy atom. The van der Waals surface area contributed by atoms with Crippen LogP contribution in [0.25, 0.3) is 0 Å². The fraction of sp³-hybridized carbons (Fsp3) is 0.250. The number of benzene rings is 1. The number of aromatic nitrogens is 1. The number of pyridine rings is 1. The van der Waals surface area contributed by atoms with E-state index in [-0.39, 0.29) is 6.61 Å². The first-order valence-corrected chi connectivity index (χ1v) is 7.44. The zero-order valence-electron chi connectivity index (χ0n) is 11.5. The highest BCUT2D eigenvalue weighted by Gasteiger charge is 2.12. The van der Waals surface area contributed by atoms with Gasteiger partial charge in [0.2, 0.25) is 0 Å². The maximum absolute atomic E-state index is 9.56. The van der Waals surface area contributed by atoms with E-state index in [0.29, 0.717) is 19.5 Å². The van der Waals surface area contributed by atoms with E-state index in [1.54, 1.807) is 6.20 Å². The van der Waals surface area contributed by atoms with Gasteiger partial charge in [0, 0.05) is 41.2 Å². The molecule has 1 aromatic heterocycles. The number of aliphatic hydroxyl groups is 1. The molecule has 0 aliphatic heterocycles. The third-order valence-electron chi connectivity index (χ3n) is 3.14. The van der Waals surface area contributed by atoms with Crippen molar-refractivity contribution in [1.29, 1.82) is 5.26 Å². The van der Waals surface area contributed by atoms with Crippen LogP contribution in [0.5, 0.6) is 0 Å². The van der Waals surface area contributed by atoms with Gasteiger partial charge >= 0.3 is 0 Å².